The van der Waals surface area contributed by atoms with Crippen LogP contribution in [-0.2, 0) is 0 Å². The smallest absolute Gasteiger partial charge is 0.322 e. The van der Waals surface area contributed by atoms with Gasteiger partial charge in [0, 0.05) is 38.1 Å². The van der Waals surface area contributed by atoms with Crippen molar-refractivity contribution in [2.45, 2.75) is 6.04 Å². The number of amides is 2. The van der Waals surface area contributed by atoms with Crippen LogP contribution < -0.4 is 15.8 Å². The van der Waals surface area contributed by atoms with Gasteiger partial charge in [0.05, 0.1) is 41.9 Å². The molecule has 9 heteroatoms. The van der Waals surface area contributed by atoms with E-state index in [1.54, 1.807) is 19.1 Å². The molecule has 5 rings (SSSR count). The summed E-state index contributed by atoms with van der Waals surface area (Å²) in [5, 5.41) is 3.81. The van der Waals surface area contributed by atoms with Gasteiger partial charge in [-0.3, -0.25) is 9.21 Å². The third kappa shape index (κ3) is 4.28. The maximum atomic E-state index is 13.0. The maximum absolute atomic E-state index is 13.0. The number of anilines is 1. The molecule has 1 atom stereocenters. The van der Waals surface area contributed by atoms with E-state index < -0.39 is 0 Å². The van der Waals surface area contributed by atoms with Crippen molar-refractivity contribution in [2.24, 2.45) is 5.73 Å². The summed E-state index contributed by atoms with van der Waals surface area (Å²) < 4.78 is 7.62. The molecule has 3 aliphatic rings. The summed E-state index contributed by atoms with van der Waals surface area (Å²) in [4.78, 5) is 19.6. The summed E-state index contributed by atoms with van der Waals surface area (Å²) >= 11 is 1.59. The highest BCUT2D eigenvalue weighted by Gasteiger charge is 2.39. The van der Waals surface area contributed by atoms with Gasteiger partial charge in [-0.1, -0.05) is 42.5 Å². The van der Waals surface area contributed by atoms with Crippen molar-refractivity contribution in [3.05, 3.63) is 82.7 Å². The minimum atomic E-state index is -0.107. The zero-order chi connectivity index (χ0) is 23.7. The Morgan fingerprint density at radius 3 is 2.50 bits per heavy atom. The Morgan fingerprint density at radius 2 is 1.76 bits per heavy atom. The zero-order valence-corrected chi connectivity index (χ0v) is 20.3. The lowest BCUT2D eigenvalue weighted by atomic mass is 9.97. The molecule has 8 nitrogen and oxygen atoms in total. The predicted molar refractivity (Wildman–Crippen MR) is 136 cm³/mol. The van der Waals surface area contributed by atoms with E-state index in [-0.39, 0.29) is 12.1 Å². The van der Waals surface area contributed by atoms with Gasteiger partial charge in [-0.2, -0.15) is 0 Å². The van der Waals surface area contributed by atoms with Crippen molar-refractivity contribution in [1.82, 2.24) is 19.0 Å². The van der Waals surface area contributed by atoms with Crippen molar-refractivity contribution < 1.29 is 9.53 Å². The molecule has 0 aromatic heterocycles. The molecule has 1 fully saturated rings. The lowest BCUT2D eigenvalue weighted by Crippen LogP contribution is -2.53. The Morgan fingerprint density at radius 1 is 1.06 bits per heavy atom. The maximum Gasteiger partial charge on any atom is 0.322 e. The van der Waals surface area contributed by atoms with Crippen LogP contribution in [0.15, 0.2) is 77.1 Å². The number of nitrogens with one attached hydrogen (secondary N) is 1. The highest BCUT2D eigenvalue weighted by atomic mass is 32.2. The number of nitrogens with zero attached hydrogens (tertiary/aromatic N) is 4. The second-order valence-electron chi connectivity index (χ2n) is 8.60. The summed E-state index contributed by atoms with van der Waals surface area (Å²) in [5.41, 5.74) is 10.6. The zero-order valence-electron chi connectivity index (χ0n) is 19.5. The molecule has 34 heavy (non-hydrogen) atoms. The van der Waals surface area contributed by atoms with E-state index in [1.165, 1.54) is 17.0 Å². The van der Waals surface area contributed by atoms with Gasteiger partial charge >= 0.3 is 6.03 Å². The molecule has 1 saturated heterocycles. The predicted octanol–water partition coefficient (Wildman–Crippen LogP) is 3.46. The Kier molecular flexibility index (Phi) is 6.30. The fourth-order valence-electron chi connectivity index (χ4n) is 4.82. The molecule has 0 bridgehead atoms. The van der Waals surface area contributed by atoms with Crippen molar-refractivity contribution in [3.8, 4) is 5.75 Å². The first-order valence-corrected chi connectivity index (χ1v) is 12.2. The Labute approximate surface area is 204 Å². The van der Waals surface area contributed by atoms with Crippen molar-refractivity contribution >= 4 is 23.7 Å². The molecule has 0 aliphatic carbocycles. The first-order valence-electron chi connectivity index (χ1n) is 11.4. The number of benzene rings is 2. The van der Waals surface area contributed by atoms with E-state index in [2.05, 4.69) is 56.8 Å². The van der Waals surface area contributed by atoms with Crippen LogP contribution in [0.3, 0.4) is 0 Å². The molecule has 2 aromatic rings. The lowest BCUT2D eigenvalue weighted by Gasteiger charge is -2.46. The van der Waals surface area contributed by atoms with E-state index in [4.69, 9.17) is 10.5 Å². The van der Waals surface area contributed by atoms with Gasteiger partial charge in [-0.05, 0) is 30.8 Å². The second kappa shape index (κ2) is 9.52. The fraction of sp³-hybridized carbons (Fsp3) is 0.320. The highest BCUT2D eigenvalue weighted by Crippen LogP contribution is 2.44. The highest BCUT2D eigenvalue weighted by molar-refractivity contribution is 8.01. The molecule has 2 aromatic carbocycles. The minimum Gasteiger partial charge on any atom is -0.495 e. The van der Waals surface area contributed by atoms with Gasteiger partial charge in [0.25, 0.3) is 0 Å². The number of urea groups is 1. The van der Waals surface area contributed by atoms with Gasteiger partial charge in [0.2, 0.25) is 0 Å². The van der Waals surface area contributed by atoms with E-state index in [0.717, 1.165) is 24.8 Å². The minimum absolute atomic E-state index is 0.107. The summed E-state index contributed by atoms with van der Waals surface area (Å²) in [6.07, 6.45) is 2.09. The van der Waals surface area contributed by atoms with Gasteiger partial charge < -0.3 is 25.6 Å². The molecular formula is C25H30N6O2S. The number of fused-ring (bicyclic) bond motifs is 1. The van der Waals surface area contributed by atoms with Gasteiger partial charge in [-0.25, -0.2) is 4.79 Å². The molecule has 3 N–H and O–H groups in total. The fourth-order valence-corrected chi connectivity index (χ4v) is 5.73. The summed E-state index contributed by atoms with van der Waals surface area (Å²) in [5.74, 6) is 0.653. The average molecular weight is 479 g/mol. The molecule has 3 heterocycles. The topological polar surface area (TPSA) is 77.3 Å². The van der Waals surface area contributed by atoms with Crippen LogP contribution in [0.25, 0.3) is 0 Å². The van der Waals surface area contributed by atoms with Crippen molar-refractivity contribution in [3.63, 3.8) is 0 Å². The number of rotatable bonds is 4. The van der Waals surface area contributed by atoms with Crippen LogP contribution in [0.2, 0.25) is 0 Å². The Balaban J connectivity index is 1.36. The molecule has 1 unspecified atom stereocenters. The first-order chi connectivity index (χ1) is 16.5. The number of hydrogen-bond donors (Lipinski definition) is 2. The number of hydrogen-bond acceptors (Lipinski definition) is 7. The molecule has 0 radical (unpaired) electrons. The molecule has 0 spiro atoms. The van der Waals surface area contributed by atoms with E-state index in [1.807, 2.05) is 35.2 Å². The Bertz CT molecular complexity index is 1110. The van der Waals surface area contributed by atoms with Crippen LogP contribution in [-0.4, -0.2) is 72.0 Å². The largest absolute Gasteiger partial charge is 0.495 e. The van der Waals surface area contributed by atoms with Gasteiger partial charge in [-0.15, -0.1) is 0 Å². The van der Waals surface area contributed by atoms with E-state index in [9.17, 15) is 4.79 Å². The third-order valence-corrected chi connectivity index (χ3v) is 7.31. The average Bonchev–Trinajstić information content (AvgIpc) is 3.23. The summed E-state index contributed by atoms with van der Waals surface area (Å²) in [6.45, 7) is 3.56. The normalized spacial score (nSPS) is 20.8. The van der Waals surface area contributed by atoms with Gasteiger partial charge in [0.1, 0.15) is 5.75 Å². The number of ether oxygens (including phenoxy) is 1. The molecule has 3 aliphatic heterocycles. The first kappa shape index (κ1) is 22.5. The number of carbonyl (C=O) groups excluding carboxylic acids is 1. The third-order valence-electron chi connectivity index (χ3n) is 6.45. The van der Waals surface area contributed by atoms with Gasteiger partial charge in [0.15, 0.2) is 0 Å². The number of carbonyl (C=O) groups is 1. The molecule has 0 saturated carbocycles. The second-order valence-corrected chi connectivity index (χ2v) is 9.70. The molecule has 178 valence electrons. The summed E-state index contributed by atoms with van der Waals surface area (Å²) in [6, 6.07) is 18.1. The van der Waals surface area contributed by atoms with Crippen LogP contribution in [0, 0.1) is 0 Å². The Hall–Kier alpha value is -3.30. The monoisotopic (exact) mass is 478 g/mol. The number of likely N-dealkylation sites (N-methyl/N-ethyl adjacent to an activating group) is 1. The molecule has 2 amide bonds. The van der Waals surface area contributed by atoms with Crippen LogP contribution >= 0.6 is 11.9 Å². The van der Waals surface area contributed by atoms with Crippen molar-refractivity contribution in [2.75, 3.05) is 52.3 Å². The number of methoxy groups -OCH3 is 1. The standard InChI is InChI=1S/C25H30N6O2S/c1-28-17-31-20(16-22(26)34-31)24(23(28)18-8-4-3-5-9-18)29-12-14-30(15-13-29)25(32)27-19-10-6-7-11-21(19)33-2/h3-11,16,23H,12-15,17,26H2,1-2H3,(H,27,32). The van der Waals surface area contributed by atoms with E-state index in [0.29, 0.717) is 24.5 Å². The SMILES string of the molecule is COc1ccccc1NC(=O)N1CCN(C2=C3C=C(N)SN3CN(C)C2c2ccccc2)CC1. The van der Waals surface area contributed by atoms with E-state index >= 15 is 0 Å². The van der Waals surface area contributed by atoms with Crippen LogP contribution in [0.5, 0.6) is 5.75 Å². The molecular weight excluding hydrogens is 448 g/mol. The summed E-state index contributed by atoms with van der Waals surface area (Å²) in [7, 11) is 3.76. The van der Waals surface area contributed by atoms with Crippen molar-refractivity contribution in [1.29, 1.82) is 0 Å². The quantitative estimate of drug-likeness (QED) is 0.652. The lowest BCUT2D eigenvalue weighted by molar-refractivity contribution is 0.120. The number of piperazine rings is 1. The number of nitrogens with two attached hydrogens (primary N) is 1. The number of para-hydroxylation sites is 2. The van der Waals surface area contributed by atoms with Crippen LogP contribution in [0.4, 0.5) is 10.5 Å². The van der Waals surface area contributed by atoms with Crippen LogP contribution in [0.1, 0.15) is 11.6 Å². The number of allylic oxidation sites excluding steroid dienone is 1.